The smallest absolute Gasteiger partial charge is 0.218 e. The SMILES string of the molecule is CC(O)c1cc(C2=NC(C)(C)CO2)cnn1. The van der Waals surface area contributed by atoms with Crippen LogP contribution in [0.1, 0.15) is 38.1 Å². The summed E-state index contributed by atoms with van der Waals surface area (Å²) in [5.41, 5.74) is 1.09. The van der Waals surface area contributed by atoms with E-state index in [0.29, 0.717) is 18.2 Å². The van der Waals surface area contributed by atoms with Crippen LogP contribution >= 0.6 is 0 Å². The Kier molecular flexibility index (Phi) is 2.63. The van der Waals surface area contributed by atoms with Crippen LogP contribution in [0.2, 0.25) is 0 Å². The molecule has 0 saturated carbocycles. The second-order valence-electron chi connectivity index (χ2n) is 4.56. The van der Waals surface area contributed by atoms with Crippen molar-refractivity contribution in [3.05, 3.63) is 23.5 Å². The first-order valence-electron chi connectivity index (χ1n) is 5.22. The fourth-order valence-electron chi connectivity index (χ4n) is 1.44. The second-order valence-corrected chi connectivity index (χ2v) is 4.56. The van der Waals surface area contributed by atoms with Gasteiger partial charge in [0.05, 0.1) is 29.1 Å². The highest BCUT2D eigenvalue weighted by Gasteiger charge is 2.27. The van der Waals surface area contributed by atoms with Gasteiger partial charge in [-0.3, -0.25) is 0 Å². The Morgan fingerprint density at radius 1 is 1.50 bits per heavy atom. The summed E-state index contributed by atoms with van der Waals surface area (Å²) < 4.78 is 5.49. The minimum Gasteiger partial charge on any atom is -0.475 e. The summed E-state index contributed by atoms with van der Waals surface area (Å²) >= 11 is 0. The summed E-state index contributed by atoms with van der Waals surface area (Å²) in [5.74, 6) is 0.571. The molecule has 1 unspecified atom stereocenters. The molecular formula is C11H15N3O2. The summed E-state index contributed by atoms with van der Waals surface area (Å²) in [6.07, 6.45) is 0.953. The van der Waals surface area contributed by atoms with Gasteiger partial charge in [-0.2, -0.15) is 10.2 Å². The van der Waals surface area contributed by atoms with Crippen molar-refractivity contribution < 1.29 is 9.84 Å². The fourth-order valence-corrected chi connectivity index (χ4v) is 1.44. The van der Waals surface area contributed by atoms with Gasteiger partial charge >= 0.3 is 0 Å². The van der Waals surface area contributed by atoms with E-state index in [0.717, 1.165) is 5.56 Å². The molecule has 1 atom stereocenters. The van der Waals surface area contributed by atoms with Gasteiger partial charge in [-0.05, 0) is 26.8 Å². The standard InChI is InChI=1S/C11H15N3O2/c1-7(15)9-4-8(5-12-14-9)10-13-11(2,3)6-16-10/h4-5,7,15H,6H2,1-3H3. The van der Waals surface area contributed by atoms with Crippen molar-refractivity contribution >= 4 is 5.90 Å². The number of nitrogens with zero attached hydrogens (tertiary/aromatic N) is 3. The maximum absolute atomic E-state index is 9.41. The van der Waals surface area contributed by atoms with Crippen molar-refractivity contribution in [3.8, 4) is 0 Å². The predicted molar refractivity (Wildman–Crippen MR) is 59.2 cm³/mol. The number of hydrogen-bond acceptors (Lipinski definition) is 5. The van der Waals surface area contributed by atoms with Gasteiger partial charge in [0.25, 0.3) is 0 Å². The van der Waals surface area contributed by atoms with Crippen molar-refractivity contribution in [2.45, 2.75) is 32.4 Å². The highest BCUT2D eigenvalue weighted by molar-refractivity contribution is 5.95. The third-order valence-corrected chi connectivity index (χ3v) is 2.31. The van der Waals surface area contributed by atoms with Crippen LogP contribution in [-0.2, 0) is 4.74 Å². The average Bonchev–Trinajstić information content (AvgIpc) is 2.59. The molecule has 0 aliphatic carbocycles. The van der Waals surface area contributed by atoms with Crippen LogP contribution in [0.25, 0.3) is 0 Å². The first-order valence-corrected chi connectivity index (χ1v) is 5.22. The van der Waals surface area contributed by atoms with E-state index in [1.807, 2.05) is 13.8 Å². The first-order chi connectivity index (χ1) is 7.48. The summed E-state index contributed by atoms with van der Waals surface area (Å²) in [6, 6.07) is 1.75. The molecule has 5 nitrogen and oxygen atoms in total. The van der Waals surface area contributed by atoms with Crippen molar-refractivity contribution in [3.63, 3.8) is 0 Å². The molecule has 0 aromatic carbocycles. The molecule has 1 aliphatic rings. The minimum absolute atomic E-state index is 0.191. The van der Waals surface area contributed by atoms with Gasteiger partial charge in [-0.25, -0.2) is 4.99 Å². The van der Waals surface area contributed by atoms with Crippen LogP contribution in [0.3, 0.4) is 0 Å². The lowest BCUT2D eigenvalue weighted by Crippen LogP contribution is -2.17. The molecule has 16 heavy (non-hydrogen) atoms. The van der Waals surface area contributed by atoms with Crippen LogP contribution in [0.15, 0.2) is 17.3 Å². The predicted octanol–water partition coefficient (Wildman–Crippen LogP) is 1.09. The van der Waals surface area contributed by atoms with Crippen LogP contribution < -0.4 is 0 Å². The molecule has 86 valence electrons. The van der Waals surface area contributed by atoms with Gasteiger partial charge in [0.15, 0.2) is 0 Å². The number of aliphatic hydroxyl groups is 1. The zero-order valence-electron chi connectivity index (χ0n) is 9.64. The van der Waals surface area contributed by atoms with E-state index in [4.69, 9.17) is 4.74 Å². The van der Waals surface area contributed by atoms with Crippen LogP contribution in [0.5, 0.6) is 0 Å². The lowest BCUT2D eigenvalue weighted by atomic mass is 10.1. The number of aliphatic hydroxyl groups excluding tert-OH is 1. The molecule has 2 rings (SSSR count). The van der Waals surface area contributed by atoms with Crippen molar-refractivity contribution in [1.29, 1.82) is 0 Å². The molecule has 0 fully saturated rings. The molecule has 0 amide bonds. The van der Waals surface area contributed by atoms with Gasteiger partial charge in [-0.15, -0.1) is 0 Å². The van der Waals surface area contributed by atoms with Gasteiger partial charge in [0.1, 0.15) is 6.61 Å². The fraction of sp³-hybridized carbons (Fsp3) is 0.545. The molecule has 1 aliphatic heterocycles. The topological polar surface area (TPSA) is 67.6 Å². The maximum atomic E-state index is 9.41. The maximum Gasteiger partial charge on any atom is 0.218 e. The Morgan fingerprint density at radius 2 is 2.25 bits per heavy atom. The Morgan fingerprint density at radius 3 is 2.81 bits per heavy atom. The number of hydrogen-bond donors (Lipinski definition) is 1. The van der Waals surface area contributed by atoms with Crippen LogP contribution in [-0.4, -0.2) is 33.3 Å². The van der Waals surface area contributed by atoms with Crippen LogP contribution in [0.4, 0.5) is 0 Å². The molecule has 1 aromatic rings. The van der Waals surface area contributed by atoms with E-state index in [1.54, 1.807) is 19.2 Å². The van der Waals surface area contributed by atoms with Crippen molar-refractivity contribution in [2.24, 2.45) is 4.99 Å². The van der Waals surface area contributed by atoms with E-state index in [9.17, 15) is 5.11 Å². The first kappa shape index (κ1) is 11.0. The zero-order chi connectivity index (χ0) is 11.8. The van der Waals surface area contributed by atoms with Gasteiger partial charge in [0.2, 0.25) is 5.90 Å². The highest BCUT2D eigenvalue weighted by Crippen LogP contribution is 2.21. The van der Waals surface area contributed by atoms with Crippen molar-refractivity contribution in [1.82, 2.24) is 10.2 Å². The third-order valence-electron chi connectivity index (χ3n) is 2.31. The minimum atomic E-state index is -0.637. The molecule has 0 spiro atoms. The van der Waals surface area contributed by atoms with Gasteiger partial charge in [-0.1, -0.05) is 0 Å². The Balaban J connectivity index is 2.32. The quantitative estimate of drug-likeness (QED) is 0.811. The van der Waals surface area contributed by atoms with E-state index in [1.165, 1.54) is 0 Å². The third kappa shape index (κ3) is 2.19. The monoisotopic (exact) mass is 221 g/mol. The summed E-state index contributed by atoms with van der Waals surface area (Å²) in [5, 5.41) is 17.1. The number of aromatic nitrogens is 2. The van der Waals surface area contributed by atoms with E-state index in [2.05, 4.69) is 15.2 Å². The lowest BCUT2D eigenvalue weighted by molar-refractivity contribution is 0.193. The Bertz CT molecular complexity index is 427. The molecule has 0 radical (unpaired) electrons. The highest BCUT2D eigenvalue weighted by atomic mass is 16.5. The zero-order valence-corrected chi connectivity index (χ0v) is 9.64. The Labute approximate surface area is 94.2 Å². The van der Waals surface area contributed by atoms with E-state index >= 15 is 0 Å². The molecule has 2 heterocycles. The summed E-state index contributed by atoms with van der Waals surface area (Å²) in [4.78, 5) is 4.44. The second kappa shape index (κ2) is 3.83. The molecule has 1 N–H and O–H groups in total. The number of ether oxygens (including phenoxy) is 1. The lowest BCUT2D eigenvalue weighted by Gasteiger charge is -2.07. The van der Waals surface area contributed by atoms with Gasteiger partial charge < -0.3 is 9.84 Å². The molecular weight excluding hydrogens is 206 g/mol. The summed E-state index contributed by atoms with van der Waals surface area (Å²) in [7, 11) is 0. The number of aliphatic imine (C=N–C) groups is 1. The molecule has 0 saturated heterocycles. The largest absolute Gasteiger partial charge is 0.475 e. The van der Waals surface area contributed by atoms with Gasteiger partial charge in [0, 0.05) is 0 Å². The molecule has 1 aromatic heterocycles. The van der Waals surface area contributed by atoms with Crippen molar-refractivity contribution in [2.75, 3.05) is 6.61 Å². The Hall–Kier alpha value is -1.49. The molecule has 0 bridgehead atoms. The van der Waals surface area contributed by atoms with E-state index < -0.39 is 6.10 Å². The average molecular weight is 221 g/mol. The number of rotatable bonds is 2. The normalized spacial score (nSPS) is 20.1. The van der Waals surface area contributed by atoms with Crippen LogP contribution in [0, 0.1) is 0 Å². The summed E-state index contributed by atoms with van der Waals surface area (Å²) in [6.45, 7) is 6.22. The van der Waals surface area contributed by atoms with E-state index in [-0.39, 0.29) is 5.54 Å². The molecule has 5 heteroatoms.